The molecular formula is C26H28FN7O3. The largest absolute Gasteiger partial charge is 0.493 e. The molecule has 3 heterocycles. The molecule has 1 saturated carbocycles. The van der Waals surface area contributed by atoms with Gasteiger partial charge in [-0.15, -0.1) is 5.10 Å². The molecule has 37 heavy (non-hydrogen) atoms. The van der Waals surface area contributed by atoms with Gasteiger partial charge in [0.1, 0.15) is 5.82 Å². The van der Waals surface area contributed by atoms with Crippen molar-refractivity contribution < 1.29 is 18.7 Å². The number of nitrogens with one attached hydrogen (secondary N) is 3. The maximum atomic E-state index is 14.1. The van der Waals surface area contributed by atoms with Crippen molar-refractivity contribution in [3.05, 3.63) is 60.4 Å². The van der Waals surface area contributed by atoms with E-state index in [4.69, 9.17) is 9.47 Å². The summed E-state index contributed by atoms with van der Waals surface area (Å²) in [7, 11) is 3.15. The number of fused-ring (bicyclic) bond motifs is 1. The predicted molar refractivity (Wildman–Crippen MR) is 138 cm³/mol. The number of methoxy groups -OCH3 is 2. The number of hydrogen-bond donors (Lipinski definition) is 3. The highest BCUT2D eigenvalue weighted by molar-refractivity contribution is 6.03. The van der Waals surface area contributed by atoms with Crippen LogP contribution in [0.15, 0.2) is 48.9 Å². The van der Waals surface area contributed by atoms with Crippen LogP contribution in [0.2, 0.25) is 0 Å². The highest BCUT2D eigenvalue weighted by atomic mass is 19.1. The summed E-state index contributed by atoms with van der Waals surface area (Å²) >= 11 is 0. The zero-order chi connectivity index (χ0) is 25.8. The van der Waals surface area contributed by atoms with E-state index >= 15 is 0 Å². The first-order chi connectivity index (χ1) is 18.1. The molecule has 1 aliphatic rings. The standard InChI is InChI=1S/C26H28FN7O3/c1-36-22-9-8-17(12-23(22)37-2)30-20-13-24(31-16-6-4-3-5-7-16)33-34-21(15-29-25(20)34)26(35)32-19-10-11-28-14-18(19)27/h8-16,30H,3-7H2,1-2H3,(H,31,33)(H,28,32,35). The second-order valence-electron chi connectivity index (χ2n) is 8.81. The number of aromatic nitrogens is 4. The second-order valence-corrected chi connectivity index (χ2v) is 8.81. The van der Waals surface area contributed by atoms with E-state index in [0.29, 0.717) is 34.7 Å². The van der Waals surface area contributed by atoms with Crippen LogP contribution in [0, 0.1) is 5.82 Å². The summed E-state index contributed by atoms with van der Waals surface area (Å²) in [6.07, 6.45) is 9.52. The Morgan fingerprint density at radius 2 is 1.84 bits per heavy atom. The number of pyridine rings is 1. The van der Waals surface area contributed by atoms with E-state index in [2.05, 4.69) is 31.0 Å². The highest BCUT2D eigenvalue weighted by Crippen LogP contribution is 2.33. The summed E-state index contributed by atoms with van der Waals surface area (Å²) in [5, 5.41) is 14.1. The van der Waals surface area contributed by atoms with Crippen molar-refractivity contribution in [2.45, 2.75) is 38.1 Å². The summed E-state index contributed by atoms with van der Waals surface area (Å²) in [6, 6.07) is 9.03. The van der Waals surface area contributed by atoms with Crippen molar-refractivity contribution in [1.29, 1.82) is 0 Å². The average molecular weight is 506 g/mol. The lowest BCUT2D eigenvalue weighted by atomic mass is 9.95. The molecule has 1 aromatic carbocycles. The van der Waals surface area contributed by atoms with Crippen molar-refractivity contribution in [3.63, 3.8) is 0 Å². The van der Waals surface area contributed by atoms with Crippen molar-refractivity contribution >= 4 is 34.4 Å². The van der Waals surface area contributed by atoms with Crippen LogP contribution in [0.25, 0.3) is 5.65 Å². The van der Waals surface area contributed by atoms with E-state index in [-0.39, 0.29) is 11.4 Å². The van der Waals surface area contributed by atoms with E-state index in [1.807, 2.05) is 18.2 Å². The molecule has 1 aliphatic carbocycles. The lowest BCUT2D eigenvalue weighted by molar-refractivity contribution is 0.102. The van der Waals surface area contributed by atoms with Crippen LogP contribution in [-0.2, 0) is 0 Å². The topological polar surface area (TPSA) is 115 Å². The van der Waals surface area contributed by atoms with Crippen molar-refractivity contribution in [1.82, 2.24) is 19.6 Å². The van der Waals surface area contributed by atoms with E-state index in [1.54, 1.807) is 20.3 Å². The van der Waals surface area contributed by atoms with Gasteiger partial charge in [-0.25, -0.2) is 13.9 Å². The minimum atomic E-state index is -0.631. The van der Waals surface area contributed by atoms with Crippen LogP contribution < -0.4 is 25.4 Å². The van der Waals surface area contributed by atoms with Gasteiger partial charge in [-0.05, 0) is 31.0 Å². The molecule has 11 heteroatoms. The van der Waals surface area contributed by atoms with Crippen LogP contribution in [0.4, 0.5) is 27.3 Å². The molecule has 10 nitrogen and oxygen atoms in total. The minimum Gasteiger partial charge on any atom is -0.493 e. The summed E-state index contributed by atoms with van der Waals surface area (Å²) in [5.74, 6) is 0.603. The Morgan fingerprint density at radius 3 is 2.59 bits per heavy atom. The first kappa shape index (κ1) is 24.3. The number of ether oxygens (including phenoxy) is 2. The number of carbonyl (C=O) groups is 1. The number of hydrogen-bond acceptors (Lipinski definition) is 8. The maximum absolute atomic E-state index is 14.1. The lowest BCUT2D eigenvalue weighted by Gasteiger charge is -2.23. The van der Waals surface area contributed by atoms with Crippen LogP contribution in [-0.4, -0.2) is 45.8 Å². The Morgan fingerprint density at radius 1 is 1.03 bits per heavy atom. The summed E-state index contributed by atoms with van der Waals surface area (Å²) < 4.78 is 26.3. The molecule has 0 unspecified atom stereocenters. The second kappa shape index (κ2) is 10.7. The number of anilines is 4. The molecule has 0 bridgehead atoms. The van der Waals surface area contributed by atoms with Gasteiger partial charge in [-0.3, -0.25) is 9.78 Å². The Balaban J connectivity index is 1.52. The maximum Gasteiger partial charge on any atom is 0.276 e. The quantitative estimate of drug-likeness (QED) is 0.306. The molecule has 3 N–H and O–H groups in total. The molecular weight excluding hydrogens is 477 g/mol. The fraction of sp³-hybridized carbons (Fsp3) is 0.308. The molecule has 1 amide bonds. The average Bonchev–Trinajstić information content (AvgIpc) is 3.35. The first-order valence-corrected chi connectivity index (χ1v) is 12.1. The Hall–Kier alpha value is -4.41. The van der Waals surface area contributed by atoms with Crippen molar-refractivity contribution in [3.8, 4) is 11.5 Å². The monoisotopic (exact) mass is 505 g/mol. The summed E-state index contributed by atoms with van der Waals surface area (Å²) in [4.78, 5) is 21.3. The summed E-state index contributed by atoms with van der Waals surface area (Å²) in [6.45, 7) is 0. The van der Waals surface area contributed by atoms with Crippen molar-refractivity contribution in [2.75, 3.05) is 30.2 Å². The predicted octanol–water partition coefficient (Wildman–Crippen LogP) is 5.02. The number of amides is 1. The van der Waals surface area contributed by atoms with Crippen molar-refractivity contribution in [2.24, 2.45) is 0 Å². The third kappa shape index (κ3) is 5.25. The van der Waals surface area contributed by atoms with Crippen LogP contribution in [0.3, 0.4) is 0 Å². The highest BCUT2D eigenvalue weighted by Gasteiger charge is 2.20. The van der Waals surface area contributed by atoms with Crippen LogP contribution in [0.5, 0.6) is 11.5 Å². The first-order valence-electron chi connectivity index (χ1n) is 12.1. The molecule has 0 saturated heterocycles. The van der Waals surface area contributed by atoms with E-state index in [1.165, 1.54) is 29.4 Å². The fourth-order valence-corrected chi connectivity index (χ4v) is 4.47. The fourth-order valence-electron chi connectivity index (χ4n) is 4.47. The van der Waals surface area contributed by atoms with Gasteiger partial charge >= 0.3 is 0 Å². The number of rotatable bonds is 8. The van der Waals surface area contributed by atoms with Gasteiger partial charge in [0.2, 0.25) is 0 Å². The van der Waals surface area contributed by atoms with Gasteiger partial charge in [0.25, 0.3) is 5.91 Å². The molecule has 192 valence electrons. The minimum absolute atomic E-state index is 0.0233. The summed E-state index contributed by atoms with van der Waals surface area (Å²) in [5.41, 5.74) is 1.99. The van der Waals surface area contributed by atoms with Gasteiger partial charge in [0.15, 0.2) is 28.7 Å². The number of imidazole rings is 1. The van der Waals surface area contributed by atoms with E-state index in [9.17, 15) is 9.18 Å². The molecule has 0 radical (unpaired) electrons. The smallest absolute Gasteiger partial charge is 0.276 e. The van der Waals surface area contributed by atoms with Gasteiger partial charge < -0.3 is 25.4 Å². The number of halogens is 1. The SMILES string of the molecule is COc1ccc(Nc2cc(NC3CCCCC3)nn3c(C(=O)Nc4ccncc4F)cnc23)cc1OC. The molecule has 1 fully saturated rings. The molecule has 0 spiro atoms. The Kier molecular flexibility index (Phi) is 7.02. The van der Waals surface area contributed by atoms with Gasteiger partial charge in [-0.1, -0.05) is 19.3 Å². The Bertz CT molecular complexity index is 1420. The number of benzene rings is 1. The normalized spacial score (nSPS) is 13.8. The van der Waals surface area contributed by atoms with Gasteiger partial charge in [-0.2, -0.15) is 0 Å². The lowest BCUT2D eigenvalue weighted by Crippen LogP contribution is -2.24. The Labute approximate surface area is 213 Å². The molecule has 4 aromatic rings. The number of carbonyl (C=O) groups excluding carboxylic acids is 1. The third-order valence-electron chi connectivity index (χ3n) is 6.34. The van der Waals surface area contributed by atoms with E-state index < -0.39 is 11.7 Å². The van der Waals surface area contributed by atoms with Crippen LogP contribution in [0.1, 0.15) is 42.6 Å². The molecule has 5 rings (SSSR count). The zero-order valence-electron chi connectivity index (χ0n) is 20.6. The van der Waals surface area contributed by atoms with E-state index in [0.717, 1.165) is 37.6 Å². The van der Waals surface area contributed by atoms with Gasteiger partial charge in [0, 0.05) is 30.1 Å². The molecule has 3 aromatic heterocycles. The third-order valence-corrected chi connectivity index (χ3v) is 6.34. The van der Waals surface area contributed by atoms with Gasteiger partial charge in [0.05, 0.1) is 38.0 Å². The molecule has 0 atom stereocenters. The zero-order valence-corrected chi connectivity index (χ0v) is 20.6. The van der Waals surface area contributed by atoms with Crippen LogP contribution >= 0.6 is 0 Å². The number of nitrogens with zero attached hydrogens (tertiary/aromatic N) is 4. The molecule has 0 aliphatic heterocycles.